The monoisotopic (exact) mass is 506 g/mol. The standard InChI is InChI=1S/C30H35FN2O4/c1-3-13-36-27-16-25(15-26(31)18-27)17-28(32)29(34)20-33(19-24-12-8-11-22(4-2)14-24)30(35)37-21-23-9-6-5-7-10-23/h3,5-12,14-16,18,28-29,34H,1,4,13,17,19-21,32H2,2H3. The van der Waals surface area contributed by atoms with Crippen molar-refractivity contribution >= 4 is 6.09 Å². The van der Waals surface area contributed by atoms with Crippen molar-refractivity contribution in [1.29, 1.82) is 0 Å². The molecule has 3 aromatic rings. The zero-order valence-electron chi connectivity index (χ0n) is 21.2. The van der Waals surface area contributed by atoms with Gasteiger partial charge in [0.05, 0.1) is 12.6 Å². The van der Waals surface area contributed by atoms with Crippen LogP contribution in [0.25, 0.3) is 0 Å². The Morgan fingerprint density at radius 1 is 1.05 bits per heavy atom. The smallest absolute Gasteiger partial charge is 0.410 e. The van der Waals surface area contributed by atoms with Crippen molar-refractivity contribution in [2.75, 3.05) is 13.2 Å². The van der Waals surface area contributed by atoms with Gasteiger partial charge in [0, 0.05) is 18.7 Å². The summed E-state index contributed by atoms with van der Waals surface area (Å²) in [6.07, 6.45) is 1.01. The average Bonchev–Trinajstić information content (AvgIpc) is 2.90. The molecule has 6 nitrogen and oxygen atoms in total. The average molecular weight is 507 g/mol. The molecular formula is C30H35FN2O4. The molecule has 0 aliphatic rings. The van der Waals surface area contributed by atoms with E-state index in [1.165, 1.54) is 17.0 Å². The molecule has 196 valence electrons. The van der Waals surface area contributed by atoms with E-state index >= 15 is 0 Å². The molecule has 0 aromatic heterocycles. The Morgan fingerprint density at radius 2 is 1.78 bits per heavy atom. The molecule has 3 N–H and O–H groups in total. The predicted octanol–water partition coefficient (Wildman–Crippen LogP) is 5.02. The summed E-state index contributed by atoms with van der Waals surface area (Å²) >= 11 is 0. The van der Waals surface area contributed by atoms with Crippen LogP contribution in [0.1, 0.15) is 29.2 Å². The number of nitrogens with two attached hydrogens (primary N) is 1. The van der Waals surface area contributed by atoms with Crippen molar-refractivity contribution in [2.24, 2.45) is 5.73 Å². The van der Waals surface area contributed by atoms with E-state index in [1.54, 1.807) is 12.1 Å². The van der Waals surface area contributed by atoms with Gasteiger partial charge < -0.3 is 25.2 Å². The molecule has 0 radical (unpaired) electrons. The van der Waals surface area contributed by atoms with Crippen LogP contribution in [-0.2, 0) is 30.7 Å². The van der Waals surface area contributed by atoms with Crippen molar-refractivity contribution in [3.63, 3.8) is 0 Å². The van der Waals surface area contributed by atoms with Gasteiger partial charge in [0.1, 0.15) is 24.8 Å². The van der Waals surface area contributed by atoms with Gasteiger partial charge in [-0.3, -0.25) is 0 Å². The summed E-state index contributed by atoms with van der Waals surface area (Å²) in [5.41, 5.74) is 9.81. The van der Waals surface area contributed by atoms with Gasteiger partial charge >= 0.3 is 6.09 Å². The number of carbonyl (C=O) groups excluding carboxylic acids is 1. The summed E-state index contributed by atoms with van der Waals surface area (Å²) in [5.74, 6) is -0.0984. The molecule has 0 fully saturated rings. The van der Waals surface area contributed by atoms with Crippen LogP contribution in [0.15, 0.2) is 85.5 Å². The highest BCUT2D eigenvalue weighted by atomic mass is 19.1. The first-order valence-corrected chi connectivity index (χ1v) is 12.4. The maximum atomic E-state index is 14.1. The molecule has 3 rings (SSSR count). The number of aliphatic hydroxyl groups is 1. The SMILES string of the molecule is C=CCOc1cc(F)cc(CC(N)C(O)CN(Cc2cccc(CC)c2)C(=O)OCc2ccccc2)c1. The van der Waals surface area contributed by atoms with E-state index in [9.17, 15) is 14.3 Å². The fourth-order valence-electron chi connectivity index (χ4n) is 3.93. The quantitative estimate of drug-likeness (QED) is 0.318. The van der Waals surface area contributed by atoms with Gasteiger partial charge in [0.15, 0.2) is 0 Å². The third-order valence-electron chi connectivity index (χ3n) is 5.91. The topological polar surface area (TPSA) is 85.0 Å². The van der Waals surface area contributed by atoms with Gasteiger partial charge in [-0.15, -0.1) is 0 Å². The van der Waals surface area contributed by atoms with Crippen molar-refractivity contribution in [3.8, 4) is 5.75 Å². The molecule has 3 aromatic carbocycles. The van der Waals surface area contributed by atoms with Crippen LogP contribution in [0.5, 0.6) is 5.75 Å². The number of hydrogen-bond acceptors (Lipinski definition) is 5. The summed E-state index contributed by atoms with van der Waals surface area (Å²) in [6, 6.07) is 20.9. The third-order valence-corrected chi connectivity index (χ3v) is 5.91. The van der Waals surface area contributed by atoms with Gasteiger partial charge in [-0.25, -0.2) is 9.18 Å². The van der Waals surface area contributed by atoms with Crippen molar-refractivity contribution < 1.29 is 23.8 Å². The molecule has 0 aliphatic carbocycles. The number of nitrogens with zero attached hydrogens (tertiary/aromatic N) is 1. The lowest BCUT2D eigenvalue weighted by Gasteiger charge is -2.28. The van der Waals surface area contributed by atoms with Gasteiger partial charge in [-0.1, -0.05) is 74.2 Å². The lowest BCUT2D eigenvalue weighted by Crippen LogP contribution is -2.46. The molecule has 0 aliphatic heterocycles. The largest absolute Gasteiger partial charge is 0.489 e. The first-order chi connectivity index (χ1) is 17.9. The van der Waals surface area contributed by atoms with E-state index in [-0.39, 0.29) is 32.7 Å². The fraction of sp³-hybridized carbons (Fsp3) is 0.300. The minimum Gasteiger partial charge on any atom is -0.489 e. The number of rotatable bonds is 13. The normalized spacial score (nSPS) is 12.4. The summed E-state index contributed by atoms with van der Waals surface area (Å²) in [7, 11) is 0. The highest BCUT2D eigenvalue weighted by Gasteiger charge is 2.24. The molecule has 2 unspecified atom stereocenters. The second-order valence-corrected chi connectivity index (χ2v) is 8.92. The number of amides is 1. The van der Waals surface area contributed by atoms with Crippen LogP contribution in [0.3, 0.4) is 0 Å². The lowest BCUT2D eigenvalue weighted by molar-refractivity contribution is 0.0575. The maximum absolute atomic E-state index is 14.1. The van der Waals surface area contributed by atoms with Gasteiger partial charge in [0.25, 0.3) is 0 Å². The highest BCUT2D eigenvalue weighted by molar-refractivity contribution is 5.67. The zero-order chi connectivity index (χ0) is 26.6. The molecule has 7 heteroatoms. The number of aryl methyl sites for hydroxylation is 1. The van der Waals surface area contributed by atoms with Gasteiger partial charge in [-0.05, 0) is 47.2 Å². The van der Waals surface area contributed by atoms with E-state index in [0.29, 0.717) is 11.3 Å². The second kappa shape index (κ2) is 14.2. The minimum atomic E-state index is -1.07. The van der Waals surface area contributed by atoms with Crippen molar-refractivity contribution in [2.45, 2.75) is 45.1 Å². The minimum absolute atomic E-state index is 0.0414. The number of halogens is 1. The Bertz CT molecular complexity index is 1160. The number of carbonyl (C=O) groups is 1. The van der Waals surface area contributed by atoms with Crippen molar-refractivity contribution in [3.05, 3.63) is 114 Å². The van der Waals surface area contributed by atoms with E-state index in [0.717, 1.165) is 23.1 Å². The number of hydrogen-bond donors (Lipinski definition) is 2. The fourth-order valence-corrected chi connectivity index (χ4v) is 3.93. The molecule has 2 atom stereocenters. The second-order valence-electron chi connectivity index (χ2n) is 8.92. The third kappa shape index (κ3) is 9.04. The lowest BCUT2D eigenvalue weighted by atomic mass is 10.0. The summed E-state index contributed by atoms with van der Waals surface area (Å²) in [5, 5.41) is 10.9. The summed E-state index contributed by atoms with van der Waals surface area (Å²) in [4.78, 5) is 14.5. The zero-order valence-corrected chi connectivity index (χ0v) is 21.2. The Hall–Kier alpha value is -3.68. The molecule has 37 heavy (non-hydrogen) atoms. The highest BCUT2D eigenvalue weighted by Crippen LogP contribution is 2.19. The van der Waals surface area contributed by atoms with Crippen molar-refractivity contribution in [1.82, 2.24) is 4.90 Å². The molecule has 0 saturated heterocycles. The van der Waals surface area contributed by atoms with Gasteiger partial charge in [0.2, 0.25) is 0 Å². The van der Waals surface area contributed by atoms with Gasteiger partial charge in [-0.2, -0.15) is 0 Å². The molecule has 0 heterocycles. The molecule has 0 spiro atoms. The molecule has 0 bridgehead atoms. The molecule has 0 saturated carbocycles. The summed E-state index contributed by atoms with van der Waals surface area (Å²) in [6.45, 7) is 6.23. The predicted molar refractivity (Wildman–Crippen MR) is 143 cm³/mol. The van der Waals surface area contributed by atoms with E-state index in [1.807, 2.05) is 54.6 Å². The van der Waals surface area contributed by atoms with Crippen LogP contribution < -0.4 is 10.5 Å². The Balaban J connectivity index is 1.70. The van der Waals surface area contributed by atoms with Crippen LogP contribution in [0, 0.1) is 5.82 Å². The number of ether oxygens (including phenoxy) is 2. The van der Waals surface area contributed by atoms with E-state index in [4.69, 9.17) is 15.2 Å². The van der Waals surface area contributed by atoms with Crippen LogP contribution in [0.4, 0.5) is 9.18 Å². The molecule has 1 amide bonds. The first kappa shape index (κ1) is 27.9. The number of benzene rings is 3. The Morgan fingerprint density at radius 3 is 2.51 bits per heavy atom. The maximum Gasteiger partial charge on any atom is 0.410 e. The molecular weight excluding hydrogens is 471 g/mol. The van der Waals surface area contributed by atoms with E-state index in [2.05, 4.69) is 13.5 Å². The van der Waals surface area contributed by atoms with Crippen LogP contribution >= 0.6 is 0 Å². The van der Waals surface area contributed by atoms with Crippen LogP contribution in [-0.4, -0.2) is 41.4 Å². The Labute approximate surface area is 218 Å². The summed E-state index contributed by atoms with van der Waals surface area (Å²) < 4.78 is 25.1. The number of aliphatic hydroxyl groups excluding tert-OH is 1. The Kier molecular flexibility index (Phi) is 10.7. The van der Waals surface area contributed by atoms with Crippen LogP contribution in [0.2, 0.25) is 0 Å². The first-order valence-electron chi connectivity index (χ1n) is 12.4. The van der Waals surface area contributed by atoms with E-state index < -0.39 is 24.1 Å².